The minimum Gasteiger partial charge on any atom is -0.507 e. The van der Waals surface area contributed by atoms with Gasteiger partial charge in [0, 0.05) is 12.5 Å². The minimum absolute atomic E-state index is 0.0437. The molecule has 216 valence electrons. The van der Waals surface area contributed by atoms with Gasteiger partial charge in [-0.3, -0.25) is 0 Å². The minimum atomic E-state index is -0.798. The fraction of sp³-hybridized carbons (Fsp3) is 0.406. The van der Waals surface area contributed by atoms with Gasteiger partial charge in [-0.15, -0.1) is 6.58 Å². The van der Waals surface area contributed by atoms with Crippen LogP contribution in [-0.2, 0) is 25.6 Å². The van der Waals surface area contributed by atoms with E-state index in [-0.39, 0.29) is 29.6 Å². The largest absolute Gasteiger partial charge is 0.507 e. The first kappa shape index (κ1) is 30.9. The molecule has 8 heteroatoms. The van der Waals surface area contributed by atoms with Crippen LogP contribution in [0.5, 0.6) is 17.2 Å². The van der Waals surface area contributed by atoms with Crippen molar-refractivity contribution in [1.82, 2.24) is 0 Å². The van der Waals surface area contributed by atoms with Gasteiger partial charge in [-0.05, 0) is 56.5 Å². The summed E-state index contributed by atoms with van der Waals surface area (Å²) >= 11 is 0. The second-order valence-corrected chi connectivity index (χ2v) is 9.98. The molecule has 0 unspecified atom stereocenters. The van der Waals surface area contributed by atoms with Gasteiger partial charge in [0.25, 0.3) is 0 Å². The Balaban J connectivity index is 1.64. The molecule has 0 aliphatic carbocycles. The SMILES string of the molecule is C=CC[C@@H](OCc1ccc(OC)cc1)[C@@H]1OC(C)(C)O[C@H]1/C=C\C[C@H](C)OC(=O)c1c(O)cc(OC)cc1C=C. The van der Waals surface area contributed by atoms with Crippen LogP contribution in [0.3, 0.4) is 0 Å². The van der Waals surface area contributed by atoms with E-state index in [0.29, 0.717) is 30.8 Å². The van der Waals surface area contributed by atoms with Crippen LogP contribution < -0.4 is 9.47 Å². The van der Waals surface area contributed by atoms with Gasteiger partial charge in [0.2, 0.25) is 0 Å². The predicted octanol–water partition coefficient (Wildman–Crippen LogP) is 6.23. The number of carbonyl (C=O) groups is 1. The maximum absolute atomic E-state index is 12.8. The number of methoxy groups -OCH3 is 2. The molecule has 0 radical (unpaired) electrons. The summed E-state index contributed by atoms with van der Waals surface area (Å²) in [5, 5.41) is 10.4. The van der Waals surface area contributed by atoms with Crippen molar-refractivity contribution in [2.45, 2.75) is 70.4 Å². The van der Waals surface area contributed by atoms with Crippen LogP contribution in [0.15, 0.2) is 67.8 Å². The molecule has 0 aromatic heterocycles. The van der Waals surface area contributed by atoms with E-state index in [2.05, 4.69) is 13.2 Å². The molecule has 1 fully saturated rings. The van der Waals surface area contributed by atoms with Crippen LogP contribution in [0, 0.1) is 0 Å². The Morgan fingerprint density at radius 3 is 2.40 bits per heavy atom. The van der Waals surface area contributed by atoms with Crippen LogP contribution in [0.2, 0.25) is 0 Å². The molecule has 0 amide bonds. The van der Waals surface area contributed by atoms with E-state index >= 15 is 0 Å². The number of rotatable bonds is 14. The van der Waals surface area contributed by atoms with Crippen molar-refractivity contribution in [3.63, 3.8) is 0 Å². The smallest absolute Gasteiger partial charge is 0.342 e. The molecule has 8 nitrogen and oxygen atoms in total. The molecule has 1 saturated heterocycles. The lowest BCUT2D eigenvalue weighted by molar-refractivity contribution is -0.159. The second-order valence-electron chi connectivity index (χ2n) is 9.98. The van der Waals surface area contributed by atoms with Crippen molar-refractivity contribution in [2.24, 2.45) is 0 Å². The summed E-state index contributed by atoms with van der Waals surface area (Å²) in [5.74, 6) is -0.473. The fourth-order valence-electron chi connectivity index (χ4n) is 4.46. The third-order valence-electron chi connectivity index (χ3n) is 6.44. The lowest BCUT2D eigenvalue weighted by Crippen LogP contribution is -2.36. The van der Waals surface area contributed by atoms with E-state index in [1.165, 1.54) is 19.3 Å². The molecule has 0 bridgehead atoms. The van der Waals surface area contributed by atoms with Gasteiger partial charge < -0.3 is 33.5 Å². The number of phenols is 1. The summed E-state index contributed by atoms with van der Waals surface area (Å²) in [5.41, 5.74) is 1.48. The Bertz CT molecular complexity index is 1180. The fourth-order valence-corrected chi connectivity index (χ4v) is 4.46. The Morgan fingerprint density at radius 1 is 1.07 bits per heavy atom. The summed E-state index contributed by atoms with van der Waals surface area (Å²) in [6, 6.07) is 10.7. The van der Waals surface area contributed by atoms with E-state index in [9.17, 15) is 9.90 Å². The molecule has 2 aromatic rings. The quantitative estimate of drug-likeness (QED) is 0.218. The maximum Gasteiger partial charge on any atom is 0.342 e. The van der Waals surface area contributed by atoms with E-state index in [1.807, 2.05) is 56.3 Å². The molecule has 1 aliphatic heterocycles. The van der Waals surface area contributed by atoms with E-state index in [4.69, 9.17) is 28.4 Å². The zero-order chi connectivity index (χ0) is 29.3. The number of hydrogen-bond donors (Lipinski definition) is 1. The average molecular weight is 553 g/mol. The maximum atomic E-state index is 12.8. The van der Waals surface area contributed by atoms with Crippen molar-refractivity contribution in [3.8, 4) is 17.2 Å². The molecule has 3 rings (SSSR count). The second kappa shape index (κ2) is 14.2. The number of ether oxygens (including phenoxy) is 6. The van der Waals surface area contributed by atoms with Crippen molar-refractivity contribution >= 4 is 12.0 Å². The van der Waals surface area contributed by atoms with Crippen LogP contribution in [0.4, 0.5) is 0 Å². The number of aromatic hydroxyl groups is 1. The first-order valence-electron chi connectivity index (χ1n) is 13.2. The van der Waals surface area contributed by atoms with Gasteiger partial charge in [-0.25, -0.2) is 4.79 Å². The van der Waals surface area contributed by atoms with Crippen LogP contribution in [0.1, 0.15) is 55.1 Å². The highest BCUT2D eigenvalue weighted by Gasteiger charge is 2.44. The highest BCUT2D eigenvalue weighted by Crippen LogP contribution is 2.34. The number of phenolic OH excluding ortho intramolecular Hbond substituents is 1. The molecule has 1 heterocycles. The van der Waals surface area contributed by atoms with Crippen molar-refractivity contribution in [3.05, 3.63) is 84.5 Å². The lowest BCUT2D eigenvalue weighted by Gasteiger charge is -2.25. The number of hydrogen-bond acceptors (Lipinski definition) is 8. The van der Waals surface area contributed by atoms with Crippen LogP contribution >= 0.6 is 0 Å². The molecular weight excluding hydrogens is 512 g/mol. The highest BCUT2D eigenvalue weighted by atomic mass is 16.8. The Kier molecular flexibility index (Phi) is 11.0. The van der Waals surface area contributed by atoms with Gasteiger partial charge in [0.05, 0.1) is 26.9 Å². The summed E-state index contributed by atoms with van der Waals surface area (Å²) in [4.78, 5) is 12.8. The average Bonchev–Trinajstić information content (AvgIpc) is 3.24. The topological polar surface area (TPSA) is 92.7 Å². The van der Waals surface area contributed by atoms with Gasteiger partial charge in [-0.2, -0.15) is 0 Å². The molecule has 40 heavy (non-hydrogen) atoms. The molecule has 0 spiro atoms. The van der Waals surface area contributed by atoms with E-state index in [1.54, 1.807) is 20.1 Å². The molecular formula is C32H40O8. The summed E-state index contributed by atoms with van der Waals surface area (Å²) in [6.07, 6.45) is 6.60. The normalized spacial score (nSPS) is 19.6. The van der Waals surface area contributed by atoms with Crippen LogP contribution in [0.25, 0.3) is 6.08 Å². The van der Waals surface area contributed by atoms with E-state index < -0.39 is 17.9 Å². The highest BCUT2D eigenvalue weighted by molar-refractivity contribution is 5.97. The lowest BCUT2D eigenvalue weighted by atomic mass is 10.0. The monoisotopic (exact) mass is 552 g/mol. The van der Waals surface area contributed by atoms with Crippen LogP contribution in [-0.4, -0.2) is 55.5 Å². The molecule has 4 atom stereocenters. The Morgan fingerprint density at radius 2 is 1.77 bits per heavy atom. The first-order chi connectivity index (χ1) is 19.1. The third kappa shape index (κ3) is 8.21. The summed E-state index contributed by atoms with van der Waals surface area (Å²) in [7, 11) is 3.11. The molecule has 1 N–H and O–H groups in total. The summed E-state index contributed by atoms with van der Waals surface area (Å²) in [6.45, 7) is 13.5. The molecule has 2 aromatic carbocycles. The third-order valence-corrected chi connectivity index (χ3v) is 6.44. The van der Waals surface area contributed by atoms with Gasteiger partial charge in [-0.1, -0.05) is 43.0 Å². The Hall–Kier alpha value is -3.59. The standard InChI is InChI=1S/C32H40O8/c1-8-11-27(37-20-22-14-16-24(35-6)17-15-22)30-28(39-32(4,5)40-30)13-10-12-21(3)38-31(34)29-23(9-2)18-25(36-7)19-26(29)33/h8-10,13-19,21,27-28,30,33H,1-2,11-12,20H2,3-7H3/b13-10-/t21-,27+,28-,30-/m0/s1. The number of carbonyl (C=O) groups excluding carboxylic acids is 1. The number of esters is 1. The summed E-state index contributed by atoms with van der Waals surface area (Å²) < 4.78 is 34.6. The molecule has 0 saturated carbocycles. The van der Waals surface area contributed by atoms with Gasteiger partial charge >= 0.3 is 5.97 Å². The predicted molar refractivity (Wildman–Crippen MR) is 154 cm³/mol. The van der Waals surface area contributed by atoms with E-state index in [0.717, 1.165) is 11.3 Å². The van der Waals surface area contributed by atoms with Crippen molar-refractivity contribution in [1.29, 1.82) is 0 Å². The van der Waals surface area contributed by atoms with Crippen molar-refractivity contribution in [2.75, 3.05) is 14.2 Å². The first-order valence-corrected chi connectivity index (χ1v) is 13.2. The Labute approximate surface area is 236 Å². The van der Waals surface area contributed by atoms with Gasteiger partial charge in [0.15, 0.2) is 5.79 Å². The molecule has 1 aliphatic rings. The van der Waals surface area contributed by atoms with Gasteiger partial charge in [0.1, 0.15) is 41.1 Å². The zero-order valence-electron chi connectivity index (χ0n) is 23.9. The number of benzene rings is 2. The zero-order valence-corrected chi connectivity index (χ0v) is 23.9. The van der Waals surface area contributed by atoms with Crippen molar-refractivity contribution < 1.29 is 38.3 Å².